The third-order valence-electron chi connectivity index (χ3n) is 2.66. The van der Waals surface area contributed by atoms with Crippen molar-refractivity contribution in [2.75, 3.05) is 11.9 Å². The molecule has 0 amide bonds. The topological polar surface area (TPSA) is 40.5 Å². The second kappa shape index (κ2) is 3.74. The molecule has 0 bridgehead atoms. The van der Waals surface area contributed by atoms with E-state index in [1.807, 2.05) is 11.9 Å². The minimum Gasteiger partial charge on any atom is -0.478 e. The molecule has 2 rings (SSSR count). The van der Waals surface area contributed by atoms with E-state index in [0.29, 0.717) is 11.1 Å². The van der Waals surface area contributed by atoms with E-state index in [1.54, 1.807) is 12.1 Å². The molecule has 0 saturated heterocycles. The highest BCUT2D eigenvalue weighted by Crippen LogP contribution is 2.33. The molecule has 1 saturated carbocycles. The van der Waals surface area contributed by atoms with Crippen molar-refractivity contribution in [2.45, 2.75) is 18.9 Å². The minimum atomic E-state index is -0.931. The van der Waals surface area contributed by atoms with Gasteiger partial charge in [-0.1, -0.05) is 11.6 Å². The van der Waals surface area contributed by atoms with Crippen LogP contribution in [-0.2, 0) is 0 Å². The van der Waals surface area contributed by atoms with Gasteiger partial charge in [0.05, 0.1) is 11.3 Å². The molecule has 15 heavy (non-hydrogen) atoms. The Balaban J connectivity index is 2.40. The van der Waals surface area contributed by atoms with E-state index in [0.717, 1.165) is 18.5 Å². The summed E-state index contributed by atoms with van der Waals surface area (Å²) in [6, 6.07) is 5.48. The Hall–Kier alpha value is -1.22. The Labute approximate surface area is 93.3 Å². The Bertz CT molecular complexity index is 402. The zero-order valence-electron chi connectivity index (χ0n) is 8.40. The SMILES string of the molecule is CN(c1ccc(Cl)cc1C(=O)O)C1CC1. The van der Waals surface area contributed by atoms with Crippen molar-refractivity contribution in [3.63, 3.8) is 0 Å². The largest absolute Gasteiger partial charge is 0.478 e. The quantitative estimate of drug-likeness (QED) is 0.860. The van der Waals surface area contributed by atoms with Crippen LogP contribution in [0.3, 0.4) is 0 Å². The van der Waals surface area contributed by atoms with Crippen molar-refractivity contribution in [1.29, 1.82) is 0 Å². The van der Waals surface area contributed by atoms with Crippen LogP contribution in [0.15, 0.2) is 18.2 Å². The average molecular weight is 226 g/mol. The van der Waals surface area contributed by atoms with Crippen LogP contribution in [0.25, 0.3) is 0 Å². The van der Waals surface area contributed by atoms with Gasteiger partial charge in [-0.15, -0.1) is 0 Å². The van der Waals surface area contributed by atoms with E-state index in [4.69, 9.17) is 16.7 Å². The summed E-state index contributed by atoms with van der Waals surface area (Å²) < 4.78 is 0. The molecule has 0 radical (unpaired) electrons. The normalized spacial score (nSPS) is 15.1. The van der Waals surface area contributed by atoms with E-state index in [-0.39, 0.29) is 5.56 Å². The number of hydrogen-bond acceptors (Lipinski definition) is 2. The summed E-state index contributed by atoms with van der Waals surface area (Å²) in [4.78, 5) is 13.0. The highest BCUT2D eigenvalue weighted by molar-refractivity contribution is 6.31. The second-order valence-electron chi connectivity index (χ2n) is 3.81. The summed E-state index contributed by atoms with van der Waals surface area (Å²) in [6.07, 6.45) is 2.27. The molecule has 3 nitrogen and oxygen atoms in total. The molecule has 1 aromatic rings. The molecule has 0 aliphatic heterocycles. The first kappa shape index (κ1) is 10.3. The summed E-state index contributed by atoms with van der Waals surface area (Å²) >= 11 is 5.78. The highest BCUT2D eigenvalue weighted by Gasteiger charge is 2.28. The van der Waals surface area contributed by atoms with Gasteiger partial charge in [-0.3, -0.25) is 0 Å². The lowest BCUT2D eigenvalue weighted by atomic mass is 10.1. The monoisotopic (exact) mass is 225 g/mol. The number of nitrogens with zero attached hydrogens (tertiary/aromatic N) is 1. The molecule has 0 unspecified atom stereocenters. The van der Waals surface area contributed by atoms with E-state index < -0.39 is 5.97 Å². The number of carboxylic acid groups (broad SMARTS) is 1. The van der Waals surface area contributed by atoms with Crippen LogP contribution in [-0.4, -0.2) is 24.2 Å². The molecule has 1 fully saturated rings. The average Bonchev–Trinajstić information content (AvgIpc) is 2.99. The summed E-state index contributed by atoms with van der Waals surface area (Å²) in [5, 5.41) is 9.51. The number of benzene rings is 1. The third kappa shape index (κ3) is 2.07. The van der Waals surface area contributed by atoms with Crippen LogP contribution in [0.1, 0.15) is 23.2 Å². The Kier molecular flexibility index (Phi) is 2.57. The third-order valence-corrected chi connectivity index (χ3v) is 2.90. The van der Waals surface area contributed by atoms with Crippen molar-refractivity contribution < 1.29 is 9.90 Å². The Morgan fingerprint density at radius 2 is 2.20 bits per heavy atom. The van der Waals surface area contributed by atoms with E-state index in [2.05, 4.69) is 0 Å². The molecule has 1 aliphatic rings. The second-order valence-corrected chi connectivity index (χ2v) is 4.25. The van der Waals surface area contributed by atoms with Gasteiger partial charge in [-0.25, -0.2) is 4.79 Å². The van der Waals surface area contributed by atoms with Gasteiger partial charge < -0.3 is 10.0 Å². The molecule has 0 aromatic heterocycles. The van der Waals surface area contributed by atoms with Crippen molar-refractivity contribution in [3.8, 4) is 0 Å². The van der Waals surface area contributed by atoms with Gasteiger partial charge in [0.2, 0.25) is 0 Å². The lowest BCUT2D eigenvalue weighted by Crippen LogP contribution is -2.22. The standard InChI is InChI=1S/C11H12ClNO2/c1-13(8-3-4-8)10-5-2-7(12)6-9(10)11(14)15/h2,5-6,8H,3-4H2,1H3,(H,14,15). The molecular weight excluding hydrogens is 214 g/mol. The van der Waals surface area contributed by atoms with E-state index in [9.17, 15) is 4.79 Å². The zero-order chi connectivity index (χ0) is 11.0. The van der Waals surface area contributed by atoms with Gasteiger partial charge >= 0.3 is 5.97 Å². The molecule has 0 spiro atoms. The van der Waals surface area contributed by atoms with Gasteiger partial charge in [0, 0.05) is 18.1 Å². The summed E-state index contributed by atoms with van der Waals surface area (Å²) in [5.41, 5.74) is 1.02. The first-order valence-electron chi connectivity index (χ1n) is 4.85. The van der Waals surface area contributed by atoms with Crippen molar-refractivity contribution in [2.24, 2.45) is 0 Å². The Morgan fingerprint density at radius 1 is 1.53 bits per heavy atom. The summed E-state index contributed by atoms with van der Waals surface area (Å²) in [5.74, 6) is -0.931. The predicted molar refractivity (Wildman–Crippen MR) is 59.8 cm³/mol. The van der Waals surface area contributed by atoms with Gasteiger partial charge in [-0.05, 0) is 31.0 Å². The van der Waals surface area contributed by atoms with Crippen LogP contribution in [0.2, 0.25) is 5.02 Å². The number of rotatable bonds is 3. The maximum Gasteiger partial charge on any atom is 0.337 e. The molecule has 1 N–H and O–H groups in total. The number of aromatic carboxylic acids is 1. The molecule has 0 atom stereocenters. The maximum atomic E-state index is 11.0. The van der Waals surface area contributed by atoms with Crippen LogP contribution in [0.4, 0.5) is 5.69 Å². The molecule has 4 heteroatoms. The number of carbonyl (C=O) groups is 1. The summed E-state index contributed by atoms with van der Waals surface area (Å²) in [6.45, 7) is 0. The number of anilines is 1. The molecular formula is C11H12ClNO2. The Morgan fingerprint density at radius 3 is 2.73 bits per heavy atom. The first-order valence-corrected chi connectivity index (χ1v) is 5.23. The smallest absolute Gasteiger partial charge is 0.337 e. The maximum absolute atomic E-state index is 11.0. The molecule has 1 aromatic carbocycles. The predicted octanol–water partition coefficient (Wildman–Crippen LogP) is 2.64. The number of hydrogen-bond donors (Lipinski definition) is 1. The van der Waals surface area contributed by atoms with Crippen LogP contribution in [0, 0.1) is 0 Å². The van der Waals surface area contributed by atoms with Crippen molar-refractivity contribution in [3.05, 3.63) is 28.8 Å². The van der Waals surface area contributed by atoms with Gasteiger partial charge in [0.15, 0.2) is 0 Å². The fourth-order valence-corrected chi connectivity index (χ4v) is 1.82. The molecule has 1 aliphatic carbocycles. The van der Waals surface area contributed by atoms with Gasteiger partial charge in [0.1, 0.15) is 0 Å². The van der Waals surface area contributed by atoms with Crippen molar-refractivity contribution >= 4 is 23.3 Å². The van der Waals surface area contributed by atoms with E-state index in [1.165, 1.54) is 6.07 Å². The number of halogens is 1. The first-order chi connectivity index (χ1) is 7.09. The fraction of sp³-hybridized carbons (Fsp3) is 0.364. The van der Waals surface area contributed by atoms with Gasteiger partial charge in [-0.2, -0.15) is 0 Å². The van der Waals surface area contributed by atoms with Crippen LogP contribution < -0.4 is 4.90 Å². The van der Waals surface area contributed by atoms with Crippen LogP contribution >= 0.6 is 11.6 Å². The number of carboxylic acids is 1. The zero-order valence-corrected chi connectivity index (χ0v) is 9.16. The lowest BCUT2D eigenvalue weighted by Gasteiger charge is -2.20. The van der Waals surface area contributed by atoms with E-state index >= 15 is 0 Å². The highest BCUT2D eigenvalue weighted by atomic mass is 35.5. The molecule has 80 valence electrons. The minimum absolute atomic E-state index is 0.275. The summed E-state index contributed by atoms with van der Waals surface area (Å²) in [7, 11) is 1.92. The fourth-order valence-electron chi connectivity index (χ4n) is 1.65. The lowest BCUT2D eigenvalue weighted by molar-refractivity contribution is 0.0697. The molecule has 0 heterocycles. The van der Waals surface area contributed by atoms with Crippen molar-refractivity contribution in [1.82, 2.24) is 0 Å². The van der Waals surface area contributed by atoms with Gasteiger partial charge in [0.25, 0.3) is 0 Å². The van der Waals surface area contributed by atoms with Crippen LogP contribution in [0.5, 0.6) is 0 Å².